The molecule has 0 bridgehead atoms. The van der Waals surface area contributed by atoms with Gasteiger partial charge < -0.3 is 15.0 Å². The number of nitrogens with one attached hydrogen (secondary N) is 1. The number of nitrogens with zero attached hydrogens (tertiary/aromatic N) is 2. The lowest BCUT2D eigenvalue weighted by atomic mass is 10.2. The molecule has 2 aromatic carbocycles. The number of benzene rings is 2. The molecule has 0 atom stereocenters. The Kier molecular flexibility index (Phi) is 6.71. The van der Waals surface area contributed by atoms with Crippen LogP contribution in [-0.4, -0.2) is 58.2 Å². The van der Waals surface area contributed by atoms with Crippen LogP contribution < -0.4 is 15.0 Å². The molecule has 0 unspecified atom stereocenters. The van der Waals surface area contributed by atoms with Crippen LogP contribution in [0.5, 0.6) is 5.75 Å². The van der Waals surface area contributed by atoms with Crippen molar-refractivity contribution in [3.63, 3.8) is 0 Å². The van der Waals surface area contributed by atoms with E-state index in [-0.39, 0.29) is 10.8 Å². The Bertz CT molecular complexity index is 970. The zero-order valence-electron chi connectivity index (χ0n) is 16.7. The maximum absolute atomic E-state index is 13.1. The zero-order valence-corrected chi connectivity index (χ0v) is 18.3. The monoisotopic (exact) mass is 435 g/mol. The number of piperazine rings is 1. The van der Waals surface area contributed by atoms with Crippen LogP contribution in [0, 0.1) is 0 Å². The first-order valence-electron chi connectivity index (χ1n) is 9.20. The summed E-state index contributed by atoms with van der Waals surface area (Å²) >= 11 is 1.45. The van der Waals surface area contributed by atoms with Gasteiger partial charge in [0.25, 0.3) is 0 Å². The molecular weight excluding hydrogens is 410 g/mol. The summed E-state index contributed by atoms with van der Waals surface area (Å²) in [6.07, 6.45) is 1.88. The maximum atomic E-state index is 13.1. The van der Waals surface area contributed by atoms with E-state index in [0.717, 1.165) is 16.3 Å². The fourth-order valence-corrected chi connectivity index (χ4v) is 5.25. The molecule has 0 saturated carbocycles. The van der Waals surface area contributed by atoms with Gasteiger partial charge in [0.05, 0.1) is 17.7 Å². The number of hydrogen-bond donors (Lipinski definition) is 1. The van der Waals surface area contributed by atoms with Gasteiger partial charge in [0.15, 0.2) is 0 Å². The number of anilines is 2. The molecule has 1 N–H and O–H groups in total. The maximum Gasteiger partial charge on any atom is 0.243 e. The van der Waals surface area contributed by atoms with Gasteiger partial charge in [0.2, 0.25) is 15.9 Å². The van der Waals surface area contributed by atoms with E-state index >= 15 is 0 Å². The van der Waals surface area contributed by atoms with E-state index in [4.69, 9.17) is 4.74 Å². The van der Waals surface area contributed by atoms with Gasteiger partial charge in [-0.3, -0.25) is 4.79 Å². The summed E-state index contributed by atoms with van der Waals surface area (Å²) in [6, 6.07) is 12.6. The number of carbonyl (C=O) groups excluding carboxylic acids is 1. The predicted molar refractivity (Wildman–Crippen MR) is 116 cm³/mol. The summed E-state index contributed by atoms with van der Waals surface area (Å²) in [6.45, 7) is 3.41. The molecule has 0 radical (unpaired) electrons. The normalized spacial score (nSPS) is 15.2. The second-order valence-corrected chi connectivity index (χ2v) is 9.42. The predicted octanol–water partition coefficient (Wildman–Crippen LogP) is 2.89. The van der Waals surface area contributed by atoms with Crippen molar-refractivity contribution in [3.05, 3.63) is 42.5 Å². The van der Waals surface area contributed by atoms with Crippen molar-refractivity contribution >= 4 is 39.1 Å². The number of methoxy groups -OCH3 is 1. The summed E-state index contributed by atoms with van der Waals surface area (Å²) in [5, 5.41) is 2.72. The van der Waals surface area contributed by atoms with Crippen molar-refractivity contribution in [2.75, 3.05) is 49.8 Å². The minimum Gasteiger partial charge on any atom is -0.497 e. The third kappa shape index (κ3) is 4.85. The molecule has 9 heteroatoms. The molecule has 1 aliphatic heterocycles. The number of amides is 1. The summed E-state index contributed by atoms with van der Waals surface area (Å²) < 4.78 is 32.9. The Morgan fingerprint density at radius 1 is 1.07 bits per heavy atom. The van der Waals surface area contributed by atoms with Crippen molar-refractivity contribution in [3.8, 4) is 5.75 Å². The number of sulfonamides is 1. The quantitative estimate of drug-likeness (QED) is 0.703. The molecule has 1 amide bonds. The molecule has 1 fully saturated rings. The van der Waals surface area contributed by atoms with Crippen LogP contribution in [-0.2, 0) is 14.8 Å². The van der Waals surface area contributed by atoms with Crippen LogP contribution in [0.2, 0.25) is 0 Å². The topological polar surface area (TPSA) is 79.0 Å². The first-order chi connectivity index (χ1) is 13.8. The highest BCUT2D eigenvalue weighted by Crippen LogP contribution is 2.30. The Morgan fingerprint density at radius 2 is 1.72 bits per heavy atom. The number of carbonyl (C=O) groups is 1. The number of thioether (sulfide) groups is 1. The molecule has 7 nitrogen and oxygen atoms in total. The van der Waals surface area contributed by atoms with Crippen molar-refractivity contribution < 1.29 is 17.9 Å². The molecule has 156 valence electrons. The highest BCUT2D eigenvalue weighted by molar-refractivity contribution is 7.98. The molecule has 0 aliphatic carbocycles. The molecule has 1 heterocycles. The molecular formula is C20H25N3O4S2. The lowest BCUT2D eigenvalue weighted by molar-refractivity contribution is -0.114. The Morgan fingerprint density at radius 3 is 2.28 bits per heavy atom. The third-order valence-corrected chi connectivity index (χ3v) is 7.49. The Balaban J connectivity index is 1.74. The van der Waals surface area contributed by atoms with E-state index in [1.54, 1.807) is 25.3 Å². The van der Waals surface area contributed by atoms with Crippen LogP contribution in [0.4, 0.5) is 11.4 Å². The van der Waals surface area contributed by atoms with E-state index in [9.17, 15) is 13.2 Å². The van der Waals surface area contributed by atoms with Crippen LogP contribution in [0.1, 0.15) is 6.92 Å². The molecule has 29 heavy (non-hydrogen) atoms. The first kappa shape index (κ1) is 21.5. The molecule has 1 saturated heterocycles. The van der Waals surface area contributed by atoms with Crippen LogP contribution in [0.15, 0.2) is 52.3 Å². The lowest BCUT2D eigenvalue weighted by Gasteiger charge is -2.35. The van der Waals surface area contributed by atoms with E-state index in [1.165, 1.54) is 23.0 Å². The number of ether oxygens (including phenoxy) is 1. The van der Waals surface area contributed by atoms with Gasteiger partial charge in [0, 0.05) is 43.7 Å². The molecule has 3 rings (SSSR count). The average Bonchev–Trinajstić information content (AvgIpc) is 2.73. The second-order valence-electron chi connectivity index (χ2n) is 6.63. The highest BCUT2D eigenvalue weighted by Gasteiger charge is 2.29. The van der Waals surface area contributed by atoms with Crippen molar-refractivity contribution in [2.24, 2.45) is 0 Å². The summed E-state index contributed by atoms with van der Waals surface area (Å²) in [7, 11) is -2.01. The van der Waals surface area contributed by atoms with E-state index in [2.05, 4.69) is 10.2 Å². The summed E-state index contributed by atoms with van der Waals surface area (Å²) in [5.74, 6) is 0.557. The molecule has 1 aliphatic rings. The minimum atomic E-state index is -3.64. The minimum absolute atomic E-state index is 0.192. The zero-order chi connectivity index (χ0) is 21.0. The van der Waals surface area contributed by atoms with Gasteiger partial charge >= 0.3 is 0 Å². The van der Waals surface area contributed by atoms with Gasteiger partial charge in [-0.2, -0.15) is 4.31 Å². The van der Waals surface area contributed by atoms with Gasteiger partial charge in [-0.25, -0.2) is 8.42 Å². The molecule has 0 spiro atoms. The van der Waals surface area contributed by atoms with Gasteiger partial charge in [-0.15, -0.1) is 11.8 Å². The van der Waals surface area contributed by atoms with Crippen molar-refractivity contribution in [1.29, 1.82) is 0 Å². The third-order valence-electron chi connectivity index (χ3n) is 4.80. The van der Waals surface area contributed by atoms with Crippen molar-refractivity contribution in [1.82, 2.24) is 4.31 Å². The molecule has 0 aromatic heterocycles. The number of hydrogen-bond acceptors (Lipinski definition) is 6. The fourth-order valence-electron chi connectivity index (χ4n) is 3.26. The smallest absolute Gasteiger partial charge is 0.243 e. The van der Waals surface area contributed by atoms with Crippen LogP contribution in [0.25, 0.3) is 0 Å². The van der Waals surface area contributed by atoms with Crippen LogP contribution in [0.3, 0.4) is 0 Å². The summed E-state index contributed by atoms with van der Waals surface area (Å²) in [5.41, 5.74) is 1.56. The lowest BCUT2D eigenvalue weighted by Crippen LogP contribution is -2.48. The number of rotatable bonds is 6. The van der Waals surface area contributed by atoms with Gasteiger partial charge in [0.1, 0.15) is 5.75 Å². The van der Waals surface area contributed by atoms with E-state index in [1.807, 2.05) is 30.5 Å². The van der Waals surface area contributed by atoms with Gasteiger partial charge in [-0.1, -0.05) is 0 Å². The van der Waals surface area contributed by atoms with Crippen molar-refractivity contribution in [2.45, 2.75) is 16.7 Å². The first-order valence-corrected chi connectivity index (χ1v) is 11.9. The Labute approximate surface area is 176 Å². The highest BCUT2D eigenvalue weighted by atomic mass is 32.2. The van der Waals surface area contributed by atoms with E-state index < -0.39 is 10.0 Å². The van der Waals surface area contributed by atoms with E-state index in [0.29, 0.717) is 31.9 Å². The molecule has 2 aromatic rings. The second kappa shape index (κ2) is 9.06. The summed E-state index contributed by atoms with van der Waals surface area (Å²) in [4.78, 5) is 14.6. The largest absolute Gasteiger partial charge is 0.497 e. The Hall–Kier alpha value is -2.23. The average molecular weight is 436 g/mol. The standard InChI is InChI=1S/C20H25N3O4S2/c1-15(24)21-19-14-18(8-9-20(19)28-3)29(25,26)23-12-10-22(11-13-23)16-4-6-17(27-2)7-5-16/h4-9,14H,10-13H2,1-3H3,(H,21,24). The SMILES string of the molecule is COc1ccc(N2CCN(S(=O)(=O)c3ccc(SC)c(NC(C)=O)c3)CC2)cc1. The van der Waals surface area contributed by atoms with Crippen LogP contribution >= 0.6 is 11.8 Å². The van der Waals surface area contributed by atoms with Gasteiger partial charge in [-0.05, 0) is 48.7 Å². The fraction of sp³-hybridized carbons (Fsp3) is 0.350.